The van der Waals surface area contributed by atoms with Gasteiger partial charge in [-0.25, -0.2) is 4.39 Å². The summed E-state index contributed by atoms with van der Waals surface area (Å²) >= 11 is 0. The lowest BCUT2D eigenvalue weighted by atomic mass is 10.1. The van der Waals surface area contributed by atoms with Gasteiger partial charge >= 0.3 is 0 Å². The van der Waals surface area contributed by atoms with Gasteiger partial charge in [0.15, 0.2) is 0 Å². The van der Waals surface area contributed by atoms with Gasteiger partial charge in [0, 0.05) is 37.6 Å². The lowest BCUT2D eigenvalue weighted by molar-refractivity contribution is -0.128. The van der Waals surface area contributed by atoms with Gasteiger partial charge in [0.1, 0.15) is 5.82 Å². The van der Waals surface area contributed by atoms with Crippen molar-refractivity contribution in [2.75, 3.05) is 11.9 Å². The monoisotopic (exact) mass is 377 g/mol. The molecular weight excluding hydrogens is 357 g/mol. The van der Waals surface area contributed by atoms with Crippen molar-refractivity contribution in [2.24, 2.45) is 5.92 Å². The van der Waals surface area contributed by atoms with Crippen LogP contribution in [0.1, 0.15) is 12.0 Å². The Hall–Kier alpha value is -3.41. The summed E-state index contributed by atoms with van der Waals surface area (Å²) in [6, 6.07) is 17.9. The van der Waals surface area contributed by atoms with Crippen molar-refractivity contribution < 1.29 is 14.0 Å². The van der Waals surface area contributed by atoms with E-state index in [0.717, 1.165) is 11.3 Å². The number of aromatic nitrogens is 1. The largest absolute Gasteiger partial charge is 0.338 e. The maximum Gasteiger partial charge on any atom is 0.229 e. The van der Waals surface area contributed by atoms with Gasteiger partial charge in [0.25, 0.3) is 0 Å². The van der Waals surface area contributed by atoms with Crippen LogP contribution >= 0.6 is 0 Å². The van der Waals surface area contributed by atoms with E-state index < -0.39 is 11.7 Å². The van der Waals surface area contributed by atoms with E-state index >= 15 is 0 Å². The maximum absolute atomic E-state index is 14.2. The third-order valence-corrected chi connectivity index (χ3v) is 4.91. The second kappa shape index (κ2) is 7.68. The zero-order valence-electron chi connectivity index (χ0n) is 15.2. The van der Waals surface area contributed by atoms with Gasteiger partial charge in [-0.2, -0.15) is 0 Å². The molecule has 0 saturated carbocycles. The normalized spacial score (nSPS) is 16.4. The summed E-state index contributed by atoms with van der Waals surface area (Å²) in [4.78, 5) is 26.6. The third-order valence-electron chi connectivity index (χ3n) is 4.91. The van der Waals surface area contributed by atoms with Crippen molar-refractivity contribution in [2.45, 2.75) is 13.0 Å². The first kappa shape index (κ1) is 18.0. The molecule has 0 bridgehead atoms. The van der Waals surface area contributed by atoms with E-state index in [-0.39, 0.29) is 23.9 Å². The Morgan fingerprint density at radius 3 is 2.57 bits per heavy atom. The number of likely N-dealkylation sites (tertiary alicyclic amines) is 1. The Morgan fingerprint density at radius 1 is 1.07 bits per heavy atom. The molecule has 1 atom stereocenters. The number of amides is 2. The van der Waals surface area contributed by atoms with Crippen LogP contribution in [-0.2, 0) is 16.1 Å². The van der Waals surface area contributed by atoms with Gasteiger partial charge in [-0.15, -0.1) is 0 Å². The fourth-order valence-corrected chi connectivity index (χ4v) is 3.42. The number of carbonyl (C=O) groups excluding carboxylic acids is 2. The molecule has 1 saturated heterocycles. The minimum absolute atomic E-state index is 0.0643. The molecule has 0 aliphatic carbocycles. The van der Waals surface area contributed by atoms with E-state index in [1.165, 1.54) is 6.07 Å². The van der Waals surface area contributed by atoms with Crippen LogP contribution in [0.4, 0.5) is 10.1 Å². The van der Waals surface area contributed by atoms with Gasteiger partial charge in [-0.05, 0) is 35.9 Å². The third kappa shape index (κ3) is 3.81. The Morgan fingerprint density at radius 2 is 1.82 bits per heavy atom. The second-order valence-corrected chi connectivity index (χ2v) is 6.90. The molecular formula is C22H20FN3O2. The molecule has 1 fully saturated rings. The van der Waals surface area contributed by atoms with Crippen LogP contribution in [0.25, 0.3) is 5.69 Å². The van der Waals surface area contributed by atoms with Crippen molar-refractivity contribution in [3.63, 3.8) is 0 Å². The molecule has 0 radical (unpaired) electrons. The minimum atomic E-state index is -0.505. The summed E-state index contributed by atoms with van der Waals surface area (Å²) in [6.07, 6.45) is 3.82. The van der Waals surface area contributed by atoms with Crippen LogP contribution < -0.4 is 5.32 Å². The molecule has 142 valence electrons. The molecule has 5 nitrogen and oxygen atoms in total. The summed E-state index contributed by atoms with van der Waals surface area (Å²) < 4.78 is 16.0. The molecule has 2 aromatic carbocycles. The second-order valence-electron chi connectivity index (χ2n) is 6.90. The number of rotatable bonds is 5. The van der Waals surface area contributed by atoms with E-state index in [1.807, 2.05) is 59.4 Å². The lowest BCUT2D eigenvalue weighted by Gasteiger charge is -2.17. The van der Waals surface area contributed by atoms with Gasteiger partial charge in [0.2, 0.25) is 11.8 Å². The highest BCUT2D eigenvalue weighted by molar-refractivity contribution is 5.97. The highest BCUT2D eigenvalue weighted by atomic mass is 19.1. The van der Waals surface area contributed by atoms with Crippen LogP contribution in [0.3, 0.4) is 0 Å². The summed E-state index contributed by atoms with van der Waals surface area (Å²) in [6.45, 7) is 0.805. The van der Waals surface area contributed by atoms with E-state index in [0.29, 0.717) is 13.1 Å². The minimum Gasteiger partial charge on any atom is -0.338 e. The first-order valence-electron chi connectivity index (χ1n) is 9.15. The standard InChI is InChI=1S/C22H20FN3O2/c23-19-9-8-18(25-10-4-5-11-25)13-20(19)24-22(28)17-12-21(27)26(15-17)14-16-6-2-1-3-7-16/h1-11,13,17H,12,14-15H2,(H,24,28). The number of anilines is 1. The van der Waals surface area contributed by atoms with Crippen molar-refractivity contribution in [3.05, 3.63) is 84.4 Å². The lowest BCUT2D eigenvalue weighted by Crippen LogP contribution is -2.28. The zero-order valence-corrected chi connectivity index (χ0v) is 15.2. The van der Waals surface area contributed by atoms with Crippen LogP contribution in [-0.4, -0.2) is 27.8 Å². The maximum atomic E-state index is 14.2. The SMILES string of the molecule is O=C(Nc1cc(-n2cccc2)ccc1F)C1CC(=O)N(Cc2ccccc2)C1. The number of carbonyl (C=O) groups is 2. The smallest absolute Gasteiger partial charge is 0.229 e. The summed E-state index contributed by atoms with van der Waals surface area (Å²) in [7, 11) is 0. The van der Waals surface area contributed by atoms with E-state index in [1.54, 1.807) is 17.0 Å². The van der Waals surface area contributed by atoms with Crippen molar-refractivity contribution in [3.8, 4) is 5.69 Å². The average molecular weight is 377 g/mol. The molecule has 3 aromatic rings. The molecule has 1 unspecified atom stereocenters. The van der Waals surface area contributed by atoms with Crippen molar-refractivity contribution in [1.82, 2.24) is 9.47 Å². The molecule has 2 heterocycles. The Kier molecular flexibility index (Phi) is 4.93. The fraction of sp³-hybridized carbons (Fsp3) is 0.182. The molecule has 1 N–H and O–H groups in total. The van der Waals surface area contributed by atoms with Crippen LogP contribution in [0.15, 0.2) is 73.1 Å². The highest BCUT2D eigenvalue weighted by Crippen LogP contribution is 2.24. The van der Waals surface area contributed by atoms with Crippen molar-refractivity contribution >= 4 is 17.5 Å². The Bertz CT molecular complexity index is 986. The van der Waals surface area contributed by atoms with Crippen LogP contribution in [0.2, 0.25) is 0 Å². The molecule has 1 aliphatic rings. The van der Waals surface area contributed by atoms with E-state index in [4.69, 9.17) is 0 Å². The molecule has 1 aliphatic heterocycles. The number of hydrogen-bond donors (Lipinski definition) is 1. The van der Waals surface area contributed by atoms with Gasteiger partial charge < -0.3 is 14.8 Å². The first-order valence-corrected chi connectivity index (χ1v) is 9.15. The molecule has 2 amide bonds. The Balaban J connectivity index is 1.44. The molecule has 4 rings (SSSR count). The summed E-state index contributed by atoms with van der Waals surface area (Å²) in [5.74, 6) is -1.40. The van der Waals surface area contributed by atoms with Crippen molar-refractivity contribution in [1.29, 1.82) is 0 Å². The first-order chi connectivity index (χ1) is 13.6. The van der Waals surface area contributed by atoms with Crippen LogP contribution in [0, 0.1) is 11.7 Å². The number of nitrogens with one attached hydrogen (secondary N) is 1. The number of nitrogens with zero attached hydrogens (tertiary/aromatic N) is 2. The van der Waals surface area contributed by atoms with E-state index in [9.17, 15) is 14.0 Å². The number of hydrogen-bond acceptors (Lipinski definition) is 2. The van der Waals surface area contributed by atoms with Gasteiger partial charge in [0.05, 0.1) is 11.6 Å². The summed E-state index contributed by atoms with van der Waals surface area (Å²) in [5, 5.41) is 2.65. The van der Waals surface area contributed by atoms with Crippen LogP contribution in [0.5, 0.6) is 0 Å². The molecule has 0 spiro atoms. The predicted octanol–water partition coefficient (Wildman–Crippen LogP) is 3.60. The molecule has 6 heteroatoms. The summed E-state index contributed by atoms with van der Waals surface area (Å²) in [5.41, 5.74) is 1.88. The molecule has 1 aromatic heterocycles. The van der Waals surface area contributed by atoms with E-state index in [2.05, 4.69) is 5.32 Å². The molecule has 28 heavy (non-hydrogen) atoms. The quantitative estimate of drug-likeness (QED) is 0.739. The predicted molar refractivity (Wildman–Crippen MR) is 104 cm³/mol. The van der Waals surface area contributed by atoms with Gasteiger partial charge in [-0.1, -0.05) is 30.3 Å². The number of halogens is 1. The highest BCUT2D eigenvalue weighted by Gasteiger charge is 2.34. The Labute approximate surface area is 162 Å². The zero-order chi connectivity index (χ0) is 19.5. The topological polar surface area (TPSA) is 54.3 Å². The fourth-order valence-electron chi connectivity index (χ4n) is 3.42. The average Bonchev–Trinajstić information content (AvgIpc) is 3.35. The number of benzene rings is 2. The van der Waals surface area contributed by atoms with Gasteiger partial charge in [-0.3, -0.25) is 9.59 Å².